The number of nitrogens with two attached hydrogens (primary N) is 1. The Morgan fingerprint density at radius 1 is 1.13 bits per heavy atom. The highest BCUT2D eigenvalue weighted by atomic mass is 15.2. The molecule has 1 saturated carbocycles. The Hall–Kier alpha value is -2.12. The molecule has 5 N–H and O–H groups in total. The average molecular weight is 428 g/mol. The van der Waals surface area contributed by atoms with Crippen LogP contribution in [0.3, 0.4) is 0 Å². The molecule has 172 valence electrons. The van der Waals surface area contributed by atoms with E-state index in [4.69, 9.17) is 10.7 Å². The number of rotatable bonds is 7. The van der Waals surface area contributed by atoms with E-state index in [2.05, 4.69) is 51.8 Å². The second-order valence-electron chi connectivity index (χ2n) is 8.83. The van der Waals surface area contributed by atoms with Crippen LogP contribution in [-0.4, -0.2) is 55.2 Å². The van der Waals surface area contributed by atoms with Gasteiger partial charge in [-0.1, -0.05) is 44.7 Å². The fraction of sp³-hybridized carbons (Fsp3) is 0.667. The van der Waals surface area contributed by atoms with Crippen LogP contribution in [0.2, 0.25) is 0 Å². The van der Waals surface area contributed by atoms with E-state index in [1.807, 2.05) is 12.1 Å². The summed E-state index contributed by atoms with van der Waals surface area (Å²) in [5.41, 5.74) is 8.33. The molecular formula is C24H41N7. The van der Waals surface area contributed by atoms with Crippen molar-refractivity contribution in [1.29, 1.82) is 0 Å². The van der Waals surface area contributed by atoms with Crippen LogP contribution in [0, 0.1) is 6.92 Å². The summed E-state index contributed by atoms with van der Waals surface area (Å²) in [5, 5.41) is 10.3. The van der Waals surface area contributed by atoms with E-state index in [1.165, 1.54) is 63.5 Å². The third-order valence-corrected chi connectivity index (χ3v) is 6.38. The van der Waals surface area contributed by atoms with Crippen LogP contribution in [0.15, 0.2) is 34.3 Å². The Morgan fingerprint density at radius 2 is 1.94 bits per heavy atom. The summed E-state index contributed by atoms with van der Waals surface area (Å²) in [6.45, 7) is 7.97. The van der Waals surface area contributed by atoms with E-state index in [9.17, 15) is 0 Å². The first kappa shape index (κ1) is 23.5. The molecule has 0 aromatic heterocycles. The van der Waals surface area contributed by atoms with Crippen molar-refractivity contribution in [3.63, 3.8) is 0 Å². The van der Waals surface area contributed by atoms with E-state index in [0.717, 1.165) is 18.8 Å². The molecule has 1 atom stereocenters. The molecule has 7 heteroatoms. The molecule has 0 bridgehead atoms. The molecule has 7 nitrogen and oxygen atoms in total. The lowest BCUT2D eigenvalue weighted by Gasteiger charge is -2.23. The van der Waals surface area contributed by atoms with Gasteiger partial charge in [0.25, 0.3) is 0 Å². The van der Waals surface area contributed by atoms with Gasteiger partial charge in [0.05, 0.1) is 6.67 Å². The van der Waals surface area contributed by atoms with Crippen molar-refractivity contribution in [3.05, 3.63) is 29.8 Å². The number of nitrogens with zero attached hydrogens (tertiary/aromatic N) is 3. The fourth-order valence-electron chi connectivity index (χ4n) is 4.63. The summed E-state index contributed by atoms with van der Waals surface area (Å²) in [6, 6.07) is 9.21. The van der Waals surface area contributed by atoms with Gasteiger partial charge in [-0.25, -0.2) is 4.99 Å². The molecule has 2 fully saturated rings. The maximum absolute atomic E-state index is 6.22. The predicted octanol–water partition coefficient (Wildman–Crippen LogP) is 3.42. The molecule has 0 spiro atoms. The molecule has 31 heavy (non-hydrogen) atoms. The second-order valence-corrected chi connectivity index (χ2v) is 8.83. The lowest BCUT2D eigenvalue weighted by Crippen LogP contribution is -2.41. The standard InChI is InChI=1S/C24H41N7/c1-3-31-15-9-14-22(31)17-26-24(28-18-27-20-11-6-4-5-7-12-20)30-23(25)29-21-13-8-10-19(2)16-21/h8,10,13,16,20,22,27H,3-7,9,11-12,14-15,17-18H2,1-2H3,(H4,25,26,28,29,30). The van der Waals surface area contributed by atoms with E-state index in [-0.39, 0.29) is 0 Å². The Bertz CT molecular complexity index is 722. The van der Waals surface area contributed by atoms with Gasteiger partial charge in [-0.05, 0) is 63.4 Å². The Kier molecular flexibility index (Phi) is 9.62. The molecule has 1 heterocycles. The molecule has 0 radical (unpaired) electrons. The number of aliphatic imine (C=N–C) groups is 2. The van der Waals surface area contributed by atoms with Gasteiger partial charge in [0.2, 0.25) is 11.9 Å². The smallest absolute Gasteiger partial charge is 0.222 e. The van der Waals surface area contributed by atoms with Crippen LogP contribution in [0.4, 0.5) is 5.69 Å². The summed E-state index contributed by atoms with van der Waals surface area (Å²) >= 11 is 0. The van der Waals surface area contributed by atoms with Crippen LogP contribution >= 0.6 is 0 Å². The minimum absolute atomic E-state index is 0.352. The SMILES string of the molecule is CCN1CCCC1CNC(=N/CNC1CCCCCC1)/N=C(\N)Nc1cccc(C)c1. The number of guanidine groups is 2. The van der Waals surface area contributed by atoms with E-state index < -0.39 is 0 Å². The summed E-state index contributed by atoms with van der Waals surface area (Å²) in [4.78, 5) is 11.8. The van der Waals surface area contributed by atoms with Gasteiger partial charge < -0.3 is 16.4 Å². The van der Waals surface area contributed by atoms with Crippen LogP contribution in [0.1, 0.15) is 63.9 Å². The molecule has 1 unspecified atom stereocenters. The zero-order valence-corrected chi connectivity index (χ0v) is 19.4. The molecule has 1 aromatic rings. The lowest BCUT2D eigenvalue weighted by atomic mass is 10.1. The lowest BCUT2D eigenvalue weighted by molar-refractivity contribution is 0.267. The molecule has 0 amide bonds. The molecule has 1 aliphatic heterocycles. The molecule has 1 aliphatic carbocycles. The van der Waals surface area contributed by atoms with E-state index >= 15 is 0 Å². The first-order chi connectivity index (χ1) is 15.1. The molecule has 1 saturated heterocycles. The topological polar surface area (TPSA) is 90.1 Å². The van der Waals surface area contributed by atoms with Crippen molar-refractivity contribution in [1.82, 2.24) is 15.5 Å². The van der Waals surface area contributed by atoms with E-state index in [1.54, 1.807) is 0 Å². The highest BCUT2D eigenvalue weighted by molar-refractivity contribution is 6.01. The zero-order chi connectivity index (χ0) is 21.9. The van der Waals surface area contributed by atoms with Crippen molar-refractivity contribution in [3.8, 4) is 0 Å². The van der Waals surface area contributed by atoms with Crippen molar-refractivity contribution in [2.75, 3.05) is 31.6 Å². The summed E-state index contributed by atoms with van der Waals surface area (Å²) in [7, 11) is 0. The van der Waals surface area contributed by atoms with Gasteiger partial charge in [0.1, 0.15) is 0 Å². The maximum Gasteiger partial charge on any atom is 0.222 e. The second kappa shape index (κ2) is 12.7. The van der Waals surface area contributed by atoms with Crippen molar-refractivity contribution in [2.24, 2.45) is 15.7 Å². The Morgan fingerprint density at radius 3 is 2.68 bits per heavy atom. The highest BCUT2D eigenvalue weighted by Crippen LogP contribution is 2.17. The molecular weight excluding hydrogens is 386 g/mol. The highest BCUT2D eigenvalue weighted by Gasteiger charge is 2.22. The summed E-state index contributed by atoms with van der Waals surface area (Å²) in [5.74, 6) is 0.951. The van der Waals surface area contributed by atoms with Crippen molar-refractivity contribution < 1.29 is 0 Å². The van der Waals surface area contributed by atoms with Crippen molar-refractivity contribution in [2.45, 2.75) is 77.3 Å². The normalized spacial score (nSPS) is 21.8. The van der Waals surface area contributed by atoms with Gasteiger partial charge >= 0.3 is 0 Å². The van der Waals surface area contributed by atoms with E-state index in [0.29, 0.717) is 30.7 Å². The van der Waals surface area contributed by atoms with Crippen molar-refractivity contribution >= 4 is 17.6 Å². The Labute approximate surface area is 188 Å². The van der Waals surface area contributed by atoms with Crippen LogP contribution in [0.5, 0.6) is 0 Å². The number of aryl methyl sites for hydroxylation is 1. The molecule has 3 rings (SSSR count). The largest absolute Gasteiger partial charge is 0.369 e. The monoisotopic (exact) mass is 427 g/mol. The summed E-state index contributed by atoms with van der Waals surface area (Å²) < 4.78 is 0. The summed E-state index contributed by atoms with van der Waals surface area (Å²) in [6.07, 6.45) is 10.3. The fourth-order valence-corrected chi connectivity index (χ4v) is 4.63. The first-order valence-corrected chi connectivity index (χ1v) is 12.1. The number of anilines is 1. The number of nitrogens with one attached hydrogen (secondary N) is 3. The first-order valence-electron chi connectivity index (χ1n) is 12.1. The number of hydrogen-bond acceptors (Lipinski definition) is 3. The number of benzene rings is 1. The van der Waals surface area contributed by atoms with Gasteiger partial charge in [-0.15, -0.1) is 0 Å². The molecule has 1 aromatic carbocycles. The predicted molar refractivity (Wildman–Crippen MR) is 132 cm³/mol. The average Bonchev–Trinajstić information content (AvgIpc) is 3.05. The van der Waals surface area contributed by atoms with Crippen LogP contribution in [0.25, 0.3) is 0 Å². The Balaban J connectivity index is 1.61. The van der Waals surface area contributed by atoms with Crippen LogP contribution in [-0.2, 0) is 0 Å². The van der Waals surface area contributed by atoms with Crippen LogP contribution < -0.4 is 21.7 Å². The minimum Gasteiger partial charge on any atom is -0.369 e. The maximum atomic E-state index is 6.22. The van der Waals surface area contributed by atoms with Gasteiger partial charge in [0.15, 0.2) is 0 Å². The number of likely N-dealkylation sites (N-methyl/N-ethyl adjacent to an activating group) is 1. The quantitative estimate of drug-likeness (QED) is 0.304. The van der Waals surface area contributed by atoms with Gasteiger partial charge in [0, 0.05) is 24.3 Å². The number of likely N-dealkylation sites (tertiary alicyclic amines) is 1. The minimum atomic E-state index is 0.352. The van der Waals surface area contributed by atoms with Gasteiger partial charge in [-0.3, -0.25) is 10.2 Å². The zero-order valence-electron chi connectivity index (χ0n) is 19.4. The number of hydrogen-bond donors (Lipinski definition) is 4. The van der Waals surface area contributed by atoms with Gasteiger partial charge in [-0.2, -0.15) is 4.99 Å². The molecule has 2 aliphatic rings. The third kappa shape index (κ3) is 8.15. The third-order valence-electron chi connectivity index (χ3n) is 6.38.